The van der Waals surface area contributed by atoms with Crippen LogP contribution in [0, 0.1) is 0 Å². The number of phosphoric acid groups is 3. The molecule has 0 heterocycles. The van der Waals surface area contributed by atoms with Crippen LogP contribution in [0.1, 0.15) is 0 Å². The minimum absolute atomic E-state index is 0. The molecule has 0 bridgehead atoms. The molecule has 0 radical (unpaired) electrons. The smallest absolute Gasteiger partial charge is 0.789 e. The fourth-order valence-corrected chi connectivity index (χ4v) is 2.20. The van der Waals surface area contributed by atoms with Crippen LogP contribution in [0.4, 0.5) is 0 Å². The van der Waals surface area contributed by atoms with Crippen molar-refractivity contribution in [3.63, 3.8) is 0 Å². The molecule has 0 amide bonds. The Morgan fingerprint density at radius 1 is 0.462 bits per heavy atom. The van der Waals surface area contributed by atoms with Gasteiger partial charge in [0.25, 0.3) is 0 Å². The van der Waals surface area contributed by atoms with Crippen molar-refractivity contribution in [3.05, 3.63) is 0 Å². The molecule has 0 unspecified atom stereocenters. The standard InChI is InChI=1S/2Al.3H2O6P2/c;;3*1-7(2)6-8(3,4)5/h;;3*(H2,3,4,5)/q2*+3;;;/p-6. The molecule has 0 aromatic heterocycles. The number of hydrogen-bond acceptors (Lipinski definition) is 18. The van der Waals surface area contributed by atoms with Crippen LogP contribution in [-0.2, 0) is 54.0 Å². The van der Waals surface area contributed by atoms with Crippen LogP contribution in [0.15, 0.2) is 0 Å². The average Bonchev–Trinajstić information content (AvgIpc) is 2.04. The third kappa shape index (κ3) is 56.2. The first-order chi connectivity index (χ1) is 10.2. The first-order valence-electron chi connectivity index (χ1n) is 3.83. The van der Waals surface area contributed by atoms with E-state index < -0.39 is 47.2 Å². The maximum absolute atomic E-state index is 9.31. The Hall–Kier alpha value is 1.09. The fraction of sp³-hybridized carbons (Fsp3) is 0. The molecule has 144 valence electrons. The van der Waals surface area contributed by atoms with E-state index in [1.165, 1.54) is 0 Å². The van der Waals surface area contributed by atoms with Crippen LogP contribution in [0.2, 0.25) is 0 Å². The van der Waals surface area contributed by atoms with Crippen LogP contribution in [0.3, 0.4) is 0 Å². The maximum Gasteiger partial charge on any atom is 3.00 e. The van der Waals surface area contributed by atoms with Gasteiger partial charge in [-0.3, -0.25) is 0 Å². The van der Waals surface area contributed by atoms with E-state index >= 15 is 0 Å². The molecule has 0 aromatic rings. The van der Waals surface area contributed by atoms with Gasteiger partial charge in [-0.15, -0.1) is 0 Å². The molecule has 0 aromatic carbocycles. The second kappa shape index (κ2) is 17.0. The summed E-state index contributed by atoms with van der Waals surface area (Å²) in [6.45, 7) is 0. The zero-order valence-corrected chi connectivity index (χ0v) is 18.9. The quantitative estimate of drug-likeness (QED) is 0.234. The Morgan fingerprint density at radius 3 is 0.577 bits per heavy atom. The summed E-state index contributed by atoms with van der Waals surface area (Å²) in [5.74, 6) is 0. The summed E-state index contributed by atoms with van der Waals surface area (Å²) in [7, 11) is -26.7. The van der Waals surface area contributed by atoms with E-state index in [-0.39, 0.29) is 34.7 Å². The van der Waals surface area contributed by atoms with Crippen LogP contribution in [-0.4, -0.2) is 34.7 Å². The van der Waals surface area contributed by atoms with Gasteiger partial charge in [-0.25, -0.2) is 40.3 Å². The Labute approximate surface area is 165 Å². The van der Waals surface area contributed by atoms with Gasteiger partial charge in [0.1, 0.15) is 0 Å². The van der Waals surface area contributed by atoms with Crippen LogP contribution >= 0.6 is 47.2 Å². The van der Waals surface area contributed by atoms with E-state index in [0.29, 0.717) is 0 Å². The molecule has 0 spiro atoms. The largest absolute Gasteiger partial charge is 3.00 e. The van der Waals surface area contributed by atoms with Crippen molar-refractivity contribution in [1.29, 1.82) is 0 Å². The summed E-state index contributed by atoms with van der Waals surface area (Å²) in [5, 5.41) is 0. The molecule has 26 heteroatoms. The molecule has 0 saturated carbocycles. The zero-order valence-electron chi connectivity index (χ0n) is 11.2. The summed E-state index contributed by atoms with van der Waals surface area (Å²) < 4.78 is 92.0. The molecule has 0 aliphatic heterocycles. The van der Waals surface area contributed by atoms with Crippen molar-refractivity contribution in [2.75, 3.05) is 0 Å². The molecule has 0 atom stereocenters. The molecule has 0 rings (SSSR count). The molecule has 0 N–H and O–H groups in total. The Morgan fingerprint density at radius 2 is 0.577 bits per heavy atom. The third-order valence-corrected chi connectivity index (χ3v) is 4.50. The van der Waals surface area contributed by atoms with Gasteiger partial charge in [0, 0.05) is 0 Å². The zero-order chi connectivity index (χ0) is 20.4. The predicted octanol–water partition coefficient (Wildman–Crippen LogP) is -4.00. The van der Waals surface area contributed by atoms with E-state index in [0.717, 1.165) is 0 Å². The maximum atomic E-state index is 9.31. The minimum atomic E-state index is -5.32. The van der Waals surface area contributed by atoms with Gasteiger partial charge in [0.2, 0.25) is 0 Å². The van der Waals surface area contributed by atoms with Crippen molar-refractivity contribution >= 4 is 81.9 Å². The summed E-state index contributed by atoms with van der Waals surface area (Å²) >= 11 is 0. The number of hydrogen-bond donors (Lipinski definition) is 0. The minimum Gasteiger partial charge on any atom is -0.789 e. The average molecular weight is 528 g/mol. The van der Waals surface area contributed by atoms with Crippen molar-refractivity contribution in [1.82, 2.24) is 0 Å². The molecule has 0 aliphatic rings. The molecular formula is Al2O18P6. The van der Waals surface area contributed by atoms with Crippen molar-refractivity contribution in [3.8, 4) is 0 Å². The van der Waals surface area contributed by atoms with E-state index in [9.17, 15) is 70.4 Å². The van der Waals surface area contributed by atoms with E-state index in [1.807, 2.05) is 0 Å². The Bertz CT molecular complexity index is 593. The normalized spacial score (nSPS) is 10.4. The fourth-order valence-electron chi connectivity index (χ4n) is 0.245. The summed E-state index contributed by atoms with van der Waals surface area (Å²) in [4.78, 5) is 55.8. The predicted molar refractivity (Wildman–Crippen MR) is 62.5 cm³/mol. The Balaban J connectivity index is -0.0000000817. The van der Waals surface area contributed by atoms with Crippen LogP contribution in [0.5, 0.6) is 0 Å². The van der Waals surface area contributed by atoms with E-state index in [1.54, 1.807) is 0 Å². The molecule has 0 fully saturated rings. The van der Waals surface area contributed by atoms with Gasteiger partial charge >= 0.3 is 58.4 Å². The van der Waals surface area contributed by atoms with Gasteiger partial charge < -0.3 is 43.1 Å². The Kier molecular flexibility index (Phi) is 24.7. The van der Waals surface area contributed by atoms with Gasteiger partial charge in [0.15, 0.2) is 0 Å². The van der Waals surface area contributed by atoms with Crippen molar-refractivity contribution < 1.29 is 83.4 Å². The molecule has 26 heavy (non-hydrogen) atoms. The summed E-state index contributed by atoms with van der Waals surface area (Å²) in [6, 6.07) is 0. The third-order valence-electron chi connectivity index (χ3n) is 0.500. The van der Waals surface area contributed by atoms with E-state index in [4.69, 9.17) is 0 Å². The van der Waals surface area contributed by atoms with Crippen LogP contribution < -0.4 is 29.4 Å². The van der Waals surface area contributed by atoms with Crippen molar-refractivity contribution in [2.24, 2.45) is 0 Å². The first-order valence-corrected chi connectivity index (χ1v) is 11.5. The molecule has 18 nitrogen and oxygen atoms in total. The van der Waals surface area contributed by atoms with Gasteiger partial charge in [-0.1, -0.05) is 0 Å². The second-order valence-corrected chi connectivity index (χ2v) is 8.24. The van der Waals surface area contributed by atoms with Gasteiger partial charge in [-0.05, 0) is 0 Å². The monoisotopic (exact) mass is 528 g/mol. The van der Waals surface area contributed by atoms with Gasteiger partial charge in [0.05, 0.1) is 23.5 Å². The molecule has 0 aliphatic carbocycles. The summed E-state index contributed by atoms with van der Waals surface area (Å²) in [6.07, 6.45) is 0. The first kappa shape index (κ1) is 37.8. The van der Waals surface area contributed by atoms with Crippen molar-refractivity contribution in [2.45, 2.75) is 0 Å². The molecule has 0 saturated heterocycles. The van der Waals surface area contributed by atoms with Gasteiger partial charge in [-0.2, -0.15) is 0 Å². The SMILES string of the molecule is O=P(=O)OP(=O)([O-])[O-].O=P(=O)OP(=O)([O-])[O-].O=P(=O)OP(=O)([O-])[O-].[Al+3].[Al+3]. The topological polar surface area (TPSA) is 320 Å². The second-order valence-electron chi connectivity index (χ2n) is 2.26. The van der Waals surface area contributed by atoms with Crippen LogP contribution in [0.25, 0.3) is 0 Å². The number of rotatable bonds is 6. The van der Waals surface area contributed by atoms with E-state index in [2.05, 4.69) is 12.9 Å². The molecular weight excluding hydrogens is 528 g/mol. The summed E-state index contributed by atoms with van der Waals surface area (Å²) in [5.41, 5.74) is 0.